The van der Waals surface area contributed by atoms with E-state index >= 15 is 0 Å². The van der Waals surface area contributed by atoms with Crippen molar-refractivity contribution < 1.29 is 8.42 Å². The topological polar surface area (TPSA) is 73.0 Å². The van der Waals surface area contributed by atoms with Crippen LogP contribution in [0.5, 0.6) is 0 Å². The Morgan fingerprint density at radius 3 is 2.47 bits per heavy atom. The van der Waals surface area contributed by atoms with Crippen LogP contribution >= 0.6 is 11.3 Å². The van der Waals surface area contributed by atoms with Crippen molar-refractivity contribution in [3.05, 3.63) is 40.2 Å². The van der Waals surface area contributed by atoms with Gasteiger partial charge in [-0.1, -0.05) is 24.3 Å². The van der Waals surface area contributed by atoms with Crippen molar-refractivity contribution in [3.63, 3.8) is 0 Å². The van der Waals surface area contributed by atoms with E-state index < -0.39 is 15.1 Å². The molecule has 1 aromatic heterocycles. The minimum atomic E-state index is -3.10. The Morgan fingerprint density at radius 1 is 1.32 bits per heavy atom. The summed E-state index contributed by atoms with van der Waals surface area (Å²) in [7, 11) is -3.10. The van der Waals surface area contributed by atoms with E-state index in [1.54, 1.807) is 6.92 Å². The highest BCUT2D eigenvalue weighted by Gasteiger charge is 2.20. The lowest BCUT2D eigenvalue weighted by atomic mass is 10.1. The molecule has 102 valence electrons. The summed E-state index contributed by atoms with van der Waals surface area (Å²) in [6, 6.07) is 7.81. The first-order chi connectivity index (χ1) is 8.91. The zero-order valence-corrected chi connectivity index (χ0v) is 12.5. The van der Waals surface area contributed by atoms with Gasteiger partial charge in [-0.2, -0.15) is 0 Å². The molecule has 0 saturated carbocycles. The van der Waals surface area contributed by atoms with Gasteiger partial charge in [0.1, 0.15) is 10.3 Å². The summed E-state index contributed by atoms with van der Waals surface area (Å²) in [4.78, 5) is 4.41. The molecular formula is C13H16N2O2S2. The molecule has 6 heteroatoms. The minimum Gasteiger partial charge on any atom is -0.326 e. The van der Waals surface area contributed by atoms with Gasteiger partial charge in [0.2, 0.25) is 0 Å². The second kappa shape index (κ2) is 5.40. The van der Waals surface area contributed by atoms with Gasteiger partial charge >= 0.3 is 0 Å². The fraction of sp³-hybridized carbons (Fsp3) is 0.308. The molecule has 0 fully saturated rings. The van der Waals surface area contributed by atoms with Gasteiger partial charge in [-0.25, -0.2) is 13.4 Å². The lowest BCUT2D eigenvalue weighted by Crippen LogP contribution is -2.07. The third-order valence-electron chi connectivity index (χ3n) is 3.00. The Kier molecular flexibility index (Phi) is 4.03. The maximum Gasteiger partial charge on any atom is 0.156 e. The first-order valence-electron chi connectivity index (χ1n) is 5.85. The molecule has 2 rings (SSSR count). The van der Waals surface area contributed by atoms with Crippen molar-refractivity contribution in [3.8, 4) is 11.3 Å². The molecule has 1 aromatic carbocycles. The molecule has 0 bridgehead atoms. The molecule has 1 heterocycles. The summed E-state index contributed by atoms with van der Waals surface area (Å²) in [5.74, 6) is 0. The zero-order valence-electron chi connectivity index (χ0n) is 10.8. The van der Waals surface area contributed by atoms with Crippen molar-refractivity contribution >= 4 is 21.2 Å². The lowest BCUT2D eigenvalue weighted by molar-refractivity contribution is 0.592. The molecular weight excluding hydrogens is 280 g/mol. The van der Waals surface area contributed by atoms with Gasteiger partial charge in [-0.05, 0) is 12.5 Å². The number of thiazole rings is 1. The van der Waals surface area contributed by atoms with Gasteiger partial charge in [-0.3, -0.25) is 0 Å². The Hall–Kier alpha value is -1.24. The van der Waals surface area contributed by atoms with Crippen molar-refractivity contribution in [1.82, 2.24) is 4.98 Å². The van der Waals surface area contributed by atoms with E-state index in [1.807, 2.05) is 29.6 Å². The highest BCUT2D eigenvalue weighted by molar-refractivity contribution is 7.91. The molecule has 0 amide bonds. The summed E-state index contributed by atoms with van der Waals surface area (Å²) in [5, 5.41) is 1.95. The summed E-state index contributed by atoms with van der Waals surface area (Å²) >= 11 is 1.37. The van der Waals surface area contributed by atoms with Gasteiger partial charge < -0.3 is 5.73 Å². The summed E-state index contributed by atoms with van der Waals surface area (Å²) in [6.07, 6.45) is 1.23. The maximum atomic E-state index is 11.5. The van der Waals surface area contributed by atoms with Crippen LogP contribution in [0.15, 0.2) is 29.6 Å². The van der Waals surface area contributed by atoms with Crippen LogP contribution < -0.4 is 5.73 Å². The lowest BCUT2D eigenvalue weighted by Gasteiger charge is -2.04. The quantitative estimate of drug-likeness (QED) is 0.940. The average Bonchev–Trinajstić information content (AvgIpc) is 2.86. The monoisotopic (exact) mass is 296 g/mol. The molecule has 0 radical (unpaired) electrons. The number of benzene rings is 1. The number of nitrogens with zero attached hydrogens (tertiary/aromatic N) is 1. The van der Waals surface area contributed by atoms with E-state index in [1.165, 1.54) is 17.6 Å². The van der Waals surface area contributed by atoms with Crippen LogP contribution in [0, 0.1) is 0 Å². The van der Waals surface area contributed by atoms with Crippen molar-refractivity contribution in [2.24, 2.45) is 5.73 Å². The summed E-state index contributed by atoms with van der Waals surface area (Å²) in [6.45, 7) is 2.17. The normalized spacial score (nSPS) is 13.4. The molecule has 0 saturated heterocycles. The minimum absolute atomic E-state index is 0.508. The second-order valence-electron chi connectivity index (χ2n) is 4.44. The molecule has 2 N–H and O–H groups in total. The summed E-state index contributed by atoms with van der Waals surface area (Å²) < 4.78 is 23.0. The van der Waals surface area contributed by atoms with E-state index in [9.17, 15) is 8.42 Å². The van der Waals surface area contributed by atoms with E-state index in [4.69, 9.17) is 5.73 Å². The molecule has 2 aromatic rings. The van der Waals surface area contributed by atoms with Crippen molar-refractivity contribution in [2.75, 3.05) is 6.26 Å². The van der Waals surface area contributed by atoms with Crippen LogP contribution in [0.1, 0.15) is 22.7 Å². The predicted molar refractivity (Wildman–Crippen MR) is 78.7 cm³/mol. The third-order valence-corrected chi connectivity index (χ3v) is 5.68. The highest BCUT2D eigenvalue weighted by atomic mass is 32.2. The van der Waals surface area contributed by atoms with E-state index in [-0.39, 0.29) is 0 Å². The van der Waals surface area contributed by atoms with Crippen LogP contribution in [0.25, 0.3) is 11.3 Å². The van der Waals surface area contributed by atoms with Crippen LogP contribution in [0.4, 0.5) is 0 Å². The van der Waals surface area contributed by atoms with Crippen LogP contribution in [-0.4, -0.2) is 19.7 Å². The largest absolute Gasteiger partial charge is 0.326 e. The Balaban J connectivity index is 2.30. The second-order valence-corrected chi connectivity index (χ2v) is 7.70. The molecule has 1 atom stereocenters. The van der Waals surface area contributed by atoms with Gasteiger partial charge in [0, 0.05) is 23.7 Å². The molecule has 0 aliphatic rings. The van der Waals surface area contributed by atoms with E-state index in [0.717, 1.165) is 16.8 Å². The standard InChI is InChI=1S/C13H16N2O2S2/c1-9(19(2,16)17)13-15-12(8-18-13)11-5-3-10(7-14)4-6-11/h3-6,8-9H,7,14H2,1-2H3. The SMILES string of the molecule is CC(c1nc(-c2ccc(CN)cc2)cs1)S(C)(=O)=O. The maximum absolute atomic E-state index is 11.5. The number of hydrogen-bond donors (Lipinski definition) is 1. The van der Waals surface area contributed by atoms with Crippen molar-refractivity contribution in [2.45, 2.75) is 18.7 Å². The molecule has 0 aliphatic carbocycles. The molecule has 0 spiro atoms. The first kappa shape index (κ1) is 14.2. The fourth-order valence-corrected chi connectivity index (χ4v) is 3.48. The number of hydrogen-bond acceptors (Lipinski definition) is 5. The molecule has 4 nitrogen and oxygen atoms in total. The van der Waals surface area contributed by atoms with Crippen LogP contribution in [-0.2, 0) is 16.4 Å². The number of nitrogens with two attached hydrogens (primary N) is 1. The number of rotatable bonds is 4. The zero-order chi connectivity index (χ0) is 14.0. The third kappa shape index (κ3) is 3.20. The Labute approximate surface area is 117 Å². The highest BCUT2D eigenvalue weighted by Crippen LogP contribution is 2.29. The number of aromatic nitrogens is 1. The Bertz CT molecular complexity index is 660. The van der Waals surface area contributed by atoms with Crippen LogP contribution in [0.2, 0.25) is 0 Å². The molecule has 0 aliphatic heterocycles. The van der Waals surface area contributed by atoms with Crippen molar-refractivity contribution in [1.29, 1.82) is 0 Å². The van der Waals surface area contributed by atoms with Gasteiger partial charge in [-0.15, -0.1) is 11.3 Å². The van der Waals surface area contributed by atoms with Crippen LogP contribution in [0.3, 0.4) is 0 Å². The van der Waals surface area contributed by atoms with E-state index in [2.05, 4.69) is 4.98 Å². The summed E-state index contributed by atoms with van der Waals surface area (Å²) in [5.41, 5.74) is 8.39. The molecule has 1 unspecified atom stereocenters. The smallest absolute Gasteiger partial charge is 0.156 e. The van der Waals surface area contributed by atoms with Gasteiger partial charge in [0.05, 0.1) is 5.69 Å². The fourth-order valence-electron chi connectivity index (χ4n) is 1.60. The average molecular weight is 296 g/mol. The predicted octanol–water partition coefficient (Wildman–Crippen LogP) is 2.37. The Morgan fingerprint density at radius 2 is 1.95 bits per heavy atom. The van der Waals surface area contributed by atoms with Gasteiger partial charge in [0.15, 0.2) is 9.84 Å². The number of sulfone groups is 1. The first-order valence-corrected chi connectivity index (χ1v) is 8.69. The molecule has 19 heavy (non-hydrogen) atoms. The van der Waals surface area contributed by atoms with E-state index in [0.29, 0.717) is 11.6 Å². The van der Waals surface area contributed by atoms with Gasteiger partial charge in [0.25, 0.3) is 0 Å².